The standard InChI is InChI=1S/C17H25N3/c1-13-7-8-16-15(10-13)6-5-9-20(16)14(2)11-17(3,12-18)19-4/h7-8,10,14,19H,5-6,9,11H2,1-4H3. The minimum absolute atomic E-state index is 0.355. The van der Waals surface area contributed by atoms with Crippen LogP contribution in [0.4, 0.5) is 5.69 Å². The van der Waals surface area contributed by atoms with Gasteiger partial charge in [-0.1, -0.05) is 17.7 Å². The lowest BCUT2D eigenvalue weighted by Gasteiger charge is -2.39. The van der Waals surface area contributed by atoms with Gasteiger partial charge in [-0.05, 0) is 58.7 Å². The van der Waals surface area contributed by atoms with Gasteiger partial charge in [0, 0.05) is 18.3 Å². The van der Waals surface area contributed by atoms with E-state index in [0.29, 0.717) is 6.04 Å². The number of nitrogens with one attached hydrogen (secondary N) is 1. The second kappa shape index (κ2) is 5.85. The normalized spacial score (nSPS) is 18.9. The van der Waals surface area contributed by atoms with Crippen molar-refractivity contribution in [2.75, 3.05) is 18.5 Å². The van der Waals surface area contributed by atoms with E-state index < -0.39 is 5.54 Å². The second-order valence-electron chi connectivity index (χ2n) is 6.18. The average Bonchev–Trinajstić information content (AvgIpc) is 2.46. The van der Waals surface area contributed by atoms with Crippen LogP contribution in [0.25, 0.3) is 0 Å². The van der Waals surface area contributed by atoms with Crippen molar-refractivity contribution in [3.63, 3.8) is 0 Å². The number of benzene rings is 1. The van der Waals surface area contributed by atoms with Gasteiger partial charge >= 0.3 is 0 Å². The van der Waals surface area contributed by atoms with Crippen molar-refractivity contribution in [1.29, 1.82) is 5.26 Å². The minimum atomic E-state index is -0.457. The van der Waals surface area contributed by atoms with Gasteiger partial charge in [-0.2, -0.15) is 5.26 Å². The maximum atomic E-state index is 9.33. The Bertz CT molecular complexity index is 517. The summed E-state index contributed by atoms with van der Waals surface area (Å²) in [5, 5.41) is 12.5. The second-order valence-corrected chi connectivity index (χ2v) is 6.18. The zero-order valence-electron chi connectivity index (χ0n) is 13.0. The summed E-state index contributed by atoms with van der Waals surface area (Å²) in [5.74, 6) is 0. The van der Waals surface area contributed by atoms with E-state index in [1.54, 1.807) is 0 Å². The summed E-state index contributed by atoms with van der Waals surface area (Å²) < 4.78 is 0. The number of nitriles is 1. The molecule has 108 valence electrons. The predicted octanol–water partition coefficient (Wildman–Crippen LogP) is 3.03. The first-order valence-electron chi connectivity index (χ1n) is 7.45. The lowest BCUT2D eigenvalue weighted by Crippen LogP contribution is -2.47. The van der Waals surface area contributed by atoms with Crippen molar-refractivity contribution in [2.24, 2.45) is 0 Å². The molecule has 0 amide bonds. The van der Waals surface area contributed by atoms with E-state index in [0.717, 1.165) is 13.0 Å². The van der Waals surface area contributed by atoms with Gasteiger partial charge in [0.1, 0.15) is 5.54 Å². The Kier molecular flexibility index (Phi) is 4.35. The molecule has 0 fully saturated rings. The average molecular weight is 271 g/mol. The van der Waals surface area contributed by atoms with Crippen LogP contribution in [0.15, 0.2) is 18.2 Å². The van der Waals surface area contributed by atoms with Gasteiger partial charge < -0.3 is 10.2 Å². The first-order chi connectivity index (χ1) is 9.49. The highest BCUT2D eigenvalue weighted by Crippen LogP contribution is 2.31. The molecule has 1 aromatic rings. The van der Waals surface area contributed by atoms with Crippen LogP contribution in [-0.2, 0) is 6.42 Å². The van der Waals surface area contributed by atoms with Gasteiger partial charge in [-0.25, -0.2) is 0 Å². The first-order valence-corrected chi connectivity index (χ1v) is 7.45. The molecule has 1 N–H and O–H groups in total. The molecule has 1 heterocycles. The third-order valence-corrected chi connectivity index (χ3v) is 4.42. The van der Waals surface area contributed by atoms with Crippen molar-refractivity contribution in [2.45, 2.75) is 51.6 Å². The molecule has 0 aliphatic carbocycles. The summed E-state index contributed by atoms with van der Waals surface area (Å²) in [4.78, 5) is 2.46. The molecule has 2 unspecified atom stereocenters. The molecule has 0 radical (unpaired) electrons. The number of hydrogen-bond acceptors (Lipinski definition) is 3. The zero-order chi connectivity index (χ0) is 14.8. The lowest BCUT2D eigenvalue weighted by molar-refractivity contribution is 0.403. The molecule has 0 saturated carbocycles. The van der Waals surface area contributed by atoms with E-state index in [1.165, 1.54) is 29.7 Å². The molecule has 20 heavy (non-hydrogen) atoms. The molecular formula is C17H25N3. The highest BCUT2D eigenvalue weighted by atomic mass is 15.2. The van der Waals surface area contributed by atoms with E-state index in [1.807, 2.05) is 14.0 Å². The number of hydrogen-bond donors (Lipinski definition) is 1. The van der Waals surface area contributed by atoms with Crippen LogP contribution in [0.1, 0.15) is 37.8 Å². The van der Waals surface area contributed by atoms with E-state index >= 15 is 0 Å². The van der Waals surface area contributed by atoms with Crippen molar-refractivity contribution >= 4 is 5.69 Å². The third-order valence-electron chi connectivity index (χ3n) is 4.42. The fraction of sp³-hybridized carbons (Fsp3) is 0.588. The van der Waals surface area contributed by atoms with Crippen molar-refractivity contribution in [3.8, 4) is 6.07 Å². The van der Waals surface area contributed by atoms with E-state index in [-0.39, 0.29) is 0 Å². The van der Waals surface area contributed by atoms with Crippen LogP contribution in [0.3, 0.4) is 0 Å². The number of nitrogens with zero attached hydrogens (tertiary/aromatic N) is 2. The molecule has 1 aromatic carbocycles. The van der Waals surface area contributed by atoms with Gasteiger partial charge in [-0.15, -0.1) is 0 Å². The molecule has 1 aliphatic heterocycles. The molecule has 2 rings (SSSR count). The van der Waals surface area contributed by atoms with E-state index in [2.05, 4.69) is 48.3 Å². The fourth-order valence-corrected chi connectivity index (χ4v) is 3.12. The quantitative estimate of drug-likeness (QED) is 0.915. The Morgan fingerprint density at radius 3 is 2.90 bits per heavy atom. The molecule has 0 bridgehead atoms. The number of aryl methyl sites for hydroxylation is 2. The smallest absolute Gasteiger partial charge is 0.105 e. The zero-order valence-corrected chi connectivity index (χ0v) is 13.0. The van der Waals surface area contributed by atoms with Crippen molar-refractivity contribution < 1.29 is 0 Å². The Hall–Kier alpha value is -1.53. The minimum Gasteiger partial charge on any atom is -0.368 e. The summed E-state index contributed by atoms with van der Waals surface area (Å²) >= 11 is 0. The van der Waals surface area contributed by atoms with Crippen LogP contribution in [0.2, 0.25) is 0 Å². The fourth-order valence-electron chi connectivity index (χ4n) is 3.12. The Labute approximate surface area is 122 Å². The molecule has 0 aromatic heterocycles. The topological polar surface area (TPSA) is 39.1 Å². The summed E-state index contributed by atoms with van der Waals surface area (Å²) in [6.07, 6.45) is 3.19. The maximum absolute atomic E-state index is 9.33. The van der Waals surface area contributed by atoms with Crippen LogP contribution < -0.4 is 10.2 Å². The summed E-state index contributed by atoms with van der Waals surface area (Å²) in [5.41, 5.74) is 3.68. The Morgan fingerprint density at radius 1 is 1.50 bits per heavy atom. The molecule has 2 atom stereocenters. The van der Waals surface area contributed by atoms with Crippen LogP contribution in [0.5, 0.6) is 0 Å². The summed E-state index contributed by atoms with van der Waals surface area (Å²) in [6, 6.07) is 9.48. The Balaban J connectivity index is 2.21. The van der Waals surface area contributed by atoms with Gasteiger partial charge in [-0.3, -0.25) is 0 Å². The Morgan fingerprint density at radius 2 is 2.25 bits per heavy atom. The van der Waals surface area contributed by atoms with Crippen molar-refractivity contribution in [3.05, 3.63) is 29.3 Å². The highest BCUT2D eigenvalue weighted by molar-refractivity contribution is 5.57. The van der Waals surface area contributed by atoms with Gasteiger partial charge in [0.2, 0.25) is 0 Å². The first kappa shape index (κ1) is 14.9. The van der Waals surface area contributed by atoms with Gasteiger partial charge in [0.25, 0.3) is 0 Å². The molecule has 0 saturated heterocycles. The predicted molar refractivity (Wildman–Crippen MR) is 84.0 cm³/mol. The van der Waals surface area contributed by atoms with Gasteiger partial charge in [0.05, 0.1) is 6.07 Å². The SMILES string of the molecule is CNC(C)(C#N)CC(C)N1CCCc2cc(C)ccc21. The summed E-state index contributed by atoms with van der Waals surface area (Å²) in [6.45, 7) is 7.43. The molecule has 0 spiro atoms. The largest absolute Gasteiger partial charge is 0.368 e. The monoisotopic (exact) mass is 271 g/mol. The van der Waals surface area contributed by atoms with Crippen LogP contribution in [0, 0.1) is 18.3 Å². The number of fused-ring (bicyclic) bond motifs is 1. The molecule has 1 aliphatic rings. The van der Waals surface area contributed by atoms with E-state index in [4.69, 9.17) is 0 Å². The van der Waals surface area contributed by atoms with E-state index in [9.17, 15) is 5.26 Å². The highest BCUT2D eigenvalue weighted by Gasteiger charge is 2.29. The summed E-state index contributed by atoms with van der Waals surface area (Å²) in [7, 11) is 1.86. The molecule has 3 heteroatoms. The third kappa shape index (κ3) is 2.96. The van der Waals surface area contributed by atoms with Crippen LogP contribution in [-0.4, -0.2) is 25.2 Å². The van der Waals surface area contributed by atoms with Gasteiger partial charge in [0.15, 0.2) is 0 Å². The molecular weight excluding hydrogens is 246 g/mol. The van der Waals surface area contributed by atoms with Crippen LogP contribution >= 0.6 is 0 Å². The van der Waals surface area contributed by atoms with Crippen molar-refractivity contribution in [1.82, 2.24) is 5.32 Å². The number of rotatable bonds is 4. The lowest BCUT2D eigenvalue weighted by atomic mass is 9.92. The molecule has 3 nitrogen and oxygen atoms in total. The number of anilines is 1. The maximum Gasteiger partial charge on any atom is 0.105 e.